The van der Waals surface area contributed by atoms with Crippen LogP contribution in [0.1, 0.15) is 16.2 Å². The third-order valence-electron chi connectivity index (χ3n) is 3.43. The van der Waals surface area contributed by atoms with Gasteiger partial charge in [-0.1, -0.05) is 24.3 Å². The van der Waals surface area contributed by atoms with E-state index < -0.39 is 12.5 Å². The smallest absolute Gasteiger partial charge is 0.387 e. The average molecular weight is 331 g/mol. The Kier molecular flexibility index (Phi) is 4.69. The Morgan fingerprint density at radius 2 is 1.92 bits per heavy atom. The number of ether oxygens (including phenoxy) is 1. The average Bonchev–Trinajstić information content (AvgIpc) is 2.97. The maximum absolute atomic E-state index is 12.4. The van der Waals surface area contributed by atoms with Crippen molar-refractivity contribution in [3.63, 3.8) is 0 Å². The van der Waals surface area contributed by atoms with Crippen molar-refractivity contribution in [2.75, 3.05) is 6.54 Å². The number of rotatable bonds is 6. The number of halogens is 2. The number of carbonyl (C=O) groups excluding carboxylic acids is 1. The highest BCUT2D eigenvalue weighted by Gasteiger charge is 2.15. The number of benzene rings is 2. The number of alkyl halides is 2. The maximum atomic E-state index is 12.4. The number of nitrogens with zero attached hydrogens (tertiary/aromatic N) is 1. The van der Waals surface area contributed by atoms with E-state index in [9.17, 15) is 13.6 Å². The van der Waals surface area contributed by atoms with Gasteiger partial charge in [0.1, 0.15) is 11.6 Å². The van der Waals surface area contributed by atoms with E-state index in [2.05, 4.69) is 20.0 Å². The molecule has 0 atom stereocenters. The zero-order valence-corrected chi connectivity index (χ0v) is 12.6. The number of nitrogens with one attached hydrogen (secondary N) is 2. The number of hydrogen-bond donors (Lipinski definition) is 2. The lowest BCUT2D eigenvalue weighted by Gasteiger charge is -2.10. The van der Waals surface area contributed by atoms with E-state index in [1.807, 2.05) is 24.3 Å². The molecule has 24 heavy (non-hydrogen) atoms. The maximum Gasteiger partial charge on any atom is 0.387 e. The van der Waals surface area contributed by atoms with Crippen molar-refractivity contribution in [2.24, 2.45) is 0 Å². The monoisotopic (exact) mass is 331 g/mol. The van der Waals surface area contributed by atoms with Crippen LogP contribution in [0.2, 0.25) is 0 Å². The first-order valence-corrected chi connectivity index (χ1v) is 7.39. The van der Waals surface area contributed by atoms with Gasteiger partial charge in [0.2, 0.25) is 0 Å². The van der Waals surface area contributed by atoms with Gasteiger partial charge in [-0.3, -0.25) is 4.79 Å². The van der Waals surface area contributed by atoms with Gasteiger partial charge in [-0.25, -0.2) is 4.98 Å². The largest absolute Gasteiger partial charge is 0.434 e. The van der Waals surface area contributed by atoms with E-state index in [1.54, 1.807) is 6.07 Å². The molecule has 0 saturated heterocycles. The fourth-order valence-corrected chi connectivity index (χ4v) is 2.37. The summed E-state index contributed by atoms with van der Waals surface area (Å²) in [7, 11) is 0. The van der Waals surface area contributed by atoms with E-state index in [-0.39, 0.29) is 11.3 Å². The van der Waals surface area contributed by atoms with Crippen molar-refractivity contribution < 1.29 is 18.3 Å². The summed E-state index contributed by atoms with van der Waals surface area (Å²) in [4.78, 5) is 19.7. The SMILES string of the molecule is O=C(NCCc1nc2ccccc2[nH]1)c1ccccc1OC(F)F. The molecule has 3 rings (SSSR count). The molecular formula is C17H15F2N3O2. The number of H-pyrrole nitrogens is 1. The van der Waals surface area contributed by atoms with Gasteiger partial charge < -0.3 is 15.0 Å². The Hall–Kier alpha value is -2.96. The van der Waals surface area contributed by atoms with E-state index in [0.717, 1.165) is 16.9 Å². The van der Waals surface area contributed by atoms with Gasteiger partial charge >= 0.3 is 6.61 Å². The number of hydrogen-bond acceptors (Lipinski definition) is 3. The topological polar surface area (TPSA) is 67.0 Å². The van der Waals surface area contributed by atoms with Gasteiger partial charge in [-0.15, -0.1) is 0 Å². The van der Waals surface area contributed by atoms with E-state index >= 15 is 0 Å². The van der Waals surface area contributed by atoms with Crippen molar-refractivity contribution >= 4 is 16.9 Å². The van der Waals surface area contributed by atoms with Crippen LogP contribution in [0.15, 0.2) is 48.5 Å². The minimum atomic E-state index is -2.98. The second-order valence-electron chi connectivity index (χ2n) is 5.08. The Bertz CT molecular complexity index is 815. The molecule has 2 aromatic carbocycles. The molecule has 0 saturated carbocycles. The first-order chi connectivity index (χ1) is 11.6. The predicted molar refractivity (Wildman–Crippen MR) is 85.2 cm³/mol. The second kappa shape index (κ2) is 7.08. The van der Waals surface area contributed by atoms with Crippen molar-refractivity contribution in [1.29, 1.82) is 0 Å². The molecule has 5 nitrogen and oxygen atoms in total. The normalized spacial score (nSPS) is 11.0. The van der Waals surface area contributed by atoms with Crippen molar-refractivity contribution in [2.45, 2.75) is 13.0 Å². The van der Waals surface area contributed by atoms with E-state index in [4.69, 9.17) is 0 Å². The van der Waals surface area contributed by atoms with E-state index in [1.165, 1.54) is 18.2 Å². The summed E-state index contributed by atoms with van der Waals surface area (Å²) in [6.07, 6.45) is 0.498. The van der Waals surface area contributed by atoms with Crippen LogP contribution in [0.5, 0.6) is 5.75 Å². The standard InChI is InChI=1S/C17H15F2N3O2/c18-17(19)24-14-8-4-1-5-11(14)16(23)20-10-9-15-21-12-6-2-3-7-13(12)22-15/h1-8,17H,9-10H2,(H,20,23)(H,21,22). The fourth-order valence-electron chi connectivity index (χ4n) is 2.37. The molecule has 1 aromatic heterocycles. The molecule has 0 aliphatic carbocycles. The summed E-state index contributed by atoms with van der Waals surface area (Å²) in [5, 5.41) is 2.68. The lowest BCUT2D eigenvalue weighted by molar-refractivity contribution is -0.0501. The summed E-state index contributed by atoms with van der Waals surface area (Å²) in [5.41, 5.74) is 1.85. The third-order valence-corrected chi connectivity index (χ3v) is 3.43. The number of aromatic amines is 1. The zero-order chi connectivity index (χ0) is 16.9. The number of para-hydroxylation sites is 3. The molecule has 0 aliphatic rings. The number of amides is 1. The van der Waals surface area contributed by atoms with Crippen molar-refractivity contribution in [3.05, 3.63) is 59.9 Å². The first kappa shape index (κ1) is 15.9. The lowest BCUT2D eigenvalue weighted by atomic mass is 10.2. The van der Waals surface area contributed by atoms with Crippen LogP contribution in [0.25, 0.3) is 11.0 Å². The lowest BCUT2D eigenvalue weighted by Crippen LogP contribution is -2.26. The summed E-state index contributed by atoms with van der Waals surface area (Å²) in [6.45, 7) is -2.66. The summed E-state index contributed by atoms with van der Waals surface area (Å²) in [6, 6.07) is 13.5. The molecule has 2 N–H and O–H groups in total. The Balaban J connectivity index is 1.61. The van der Waals surface area contributed by atoms with Gasteiger partial charge in [0.05, 0.1) is 16.6 Å². The van der Waals surface area contributed by atoms with Gasteiger partial charge in [0, 0.05) is 13.0 Å². The number of carbonyl (C=O) groups is 1. The number of aromatic nitrogens is 2. The molecule has 1 amide bonds. The summed E-state index contributed by atoms with van der Waals surface area (Å²) >= 11 is 0. The second-order valence-corrected chi connectivity index (χ2v) is 5.08. The molecule has 0 radical (unpaired) electrons. The first-order valence-electron chi connectivity index (χ1n) is 7.39. The highest BCUT2D eigenvalue weighted by Crippen LogP contribution is 2.20. The summed E-state index contributed by atoms with van der Waals surface area (Å²) in [5.74, 6) is 0.129. The number of imidazole rings is 1. The molecule has 1 heterocycles. The van der Waals surface area contributed by atoms with Crippen LogP contribution < -0.4 is 10.1 Å². The van der Waals surface area contributed by atoms with Crippen LogP contribution in [0, 0.1) is 0 Å². The minimum absolute atomic E-state index is 0.0717. The zero-order valence-electron chi connectivity index (χ0n) is 12.6. The molecule has 0 fully saturated rings. The quantitative estimate of drug-likeness (QED) is 0.729. The Labute approximate surface area is 136 Å². The Morgan fingerprint density at radius 3 is 2.71 bits per heavy atom. The van der Waals surface area contributed by atoms with Gasteiger partial charge in [-0.2, -0.15) is 8.78 Å². The van der Waals surface area contributed by atoms with E-state index in [0.29, 0.717) is 13.0 Å². The van der Waals surface area contributed by atoms with Crippen LogP contribution in [0.4, 0.5) is 8.78 Å². The van der Waals surface area contributed by atoms with Crippen molar-refractivity contribution in [3.8, 4) is 5.75 Å². The van der Waals surface area contributed by atoms with Crippen LogP contribution in [-0.2, 0) is 6.42 Å². The molecule has 7 heteroatoms. The molecule has 3 aromatic rings. The van der Waals surface area contributed by atoms with Crippen molar-refractivity contribution in [1.82, 2.24) is 15.3 Å². The van der Waals surface area contributed by atoms with Gasteiger partial charge in [-0.05, 0) is 24.3 Å². The van der Waals surface area contributed by atoms with Gasteiger partial charge in [0.25, 0.3) is 5.91 Å². The highest BCUT2D eigenvalue weighted by atomic mass is 19.3. The minimum Gasteiger partial charge on any atom is -0.434 e. The molecule has 0 spiro atoms. The van der Waals surface area contributed by atoms with Gasteiger partial charge in [0.15, 0.2) is 0 Å². The Morgan fingerprint density at radius 1 is 1.17 bits per heavy atom. The number of fused-ring (bicyclic) bond motifs is 1. The molecule has 0 bridgehead atoms. The fraction of sp³-hybridized carbons (Fsp3) is 0.176. The molecule has 0 aliphatic heterocycles. The third kappa shape index (κ3) is 3.68. The highest BCUT2D eigenvalue weighted by molar-refractivity contribution is 5.96. The van der Waals surface area contributed by atoms with Crippen LogP contribution in [0.3, 0.4) is 0 Å². The molecule has 124 valence electrons. The summed E-state index contributed by atoms with van der Waals surface area (Å²) < 4.78 is 29.1. The predicted octanol–water partition coefficient (Wildman–Crippen LogP) is 3.14. The molecule has 0 unspecified atom stereocenters. The van der Waals surface area contributed by atoms with Crippen LogP contribution in [-0.4, -0.2) is 29.0 Å². The molecular weight excluding hydrogens is 316 g/mol. The van der Waals surface area contributed by atoms with Crippen LogP contribution >= 0.6 is 0 Å².